The van der Waals surface area contributed by atoms with Gasteiger partial charge in [-0.05, 0) is 83.2 Å². The van der Waals surface area contributed by atoms with Gasteiger partial charge in [-0.3, -0.25) is 0 Å². The van der Waals surface area contributed by atoms with E-state index in [9.17, 15) is 19.8 Å². The van der Waals surface area contributed by atoms with Crippen LogP contribution in [0.3, 0.4) is 0 Å². The van der Waals surface area contributed by atoms with Crippen molar-refractivity contribution in [3.8, 4) is 22.3 Å². The zero-order valence-electron chi connectivity index (χ0n) is 19.9. The molecule has 4 nitrogen and oxygen atoms in total. The van der Waals surface area contributed by atoms with Crippen molar-refractivity contribution >= 4 is 11.9 Å². The van der Waals surface area contributed by atoms with Crippen molar-refractivity contribution in [2.45, 2.75) is 64.7 Å². The Morgan fingerprint density at radius 2 is 1.35 bits per heavy atom. The van der Waals surface area contributed by atoms with Crippen molar-refractivity contribution in [3.05, 3.63) is 82.4 Å². The molecule has 176 valence electrons. The second kappa shape index (κ2) is 10.3. The lowest BCUT2D eigenvalue weighted by Crippen LogP contribution is -2.13. The van der Waals surface area contributed by atoms with E-state index in [0.29, 0.717) is 17.0 Å². The Kier molecular flexibility index (Phi) is 7.16. The predicted octanol–water partition coefficient (Wildman–Crippen LogP) is 7.73. The van der Waals surface area contributed by atoms with Crippen molar-refractivity contribution in [3.63, 3.8) is 0 Å². The average Bonchev–Trinajstić information content (AvgIpc) is 2.84. The third-order valence-corrected chi connectivity index (χ3v) is 7.04. The molecule has 1 saturated carbocycles. The van der Waals surface area contributed by atoms with Gasteiger partial charge < -0.3 is 10.2 Å². The SMILES string of the molecule is CCCc1cc(C)c(-c2ccccc2C(=O)O)c(-c2ccccc2C(=O)O)c1C1CCCCC1. The summed E-state index contributed by atoms with van der Waals surface area (Å²) in [7, 11) is 0. The quantitative estimate of drug-likeness (QED) is 0.381. The lowest BCUT2D eigenvalue weighted by Gasteiger charge is -2.30. The molecular formula is C30H32O4. The average molecular weight is 457 g/mol. The number of hydrogen-bond acceptors (Lipinski definition) is 2. The van der Waals surface area contributed by atoms with E-state index in [1.54, 1.807) is 24.3 Å². The number of carbonyl (C=O) groups is 2. The fourth-order valence-electron chi connectivity index (χ4n) is 5.64. The minimum atomic E-state index is -0.982. The van der Waals surface area contributed by atoms with Crippen molar-refractivity contribution < 1.29 is 19.8 Å². The summed E-state index contributed by atoms with van der Waals surface area (Å²) in [6, 6.07) is 16.4. The number of hydrogen-bond donors (Lipinski definition) is 2. The van der Waals surface area contributed by atoms with Crippen LogP contribution in [0.25, 0.3) is 22.3 Å². The molecule has 0 atom stereocenters. The topological polar surface area (TPSA) is 74.6 Å². The third kappa shape index (κ3) is 4.50. The van der Waals surface area contributed by atoms with Gasteiger partial charge in [-0.2, -0.15) is 0 Å². The number of rotatable bonds is 7. The van der Waals surface area contributed by atoms with Gasteiger partial charge in [-0.15, -0.1) is 0 Å². The molecule has 34 heavy (non-hydrogen) atoms. The molecule has 2 N–H and O–H groups in total. The Bertz CT molecular complexity index is 1220. The molecule has 1 fully saturated rings. The maximum absolute atomic E-state index is 12.3. The molecule has 1 aliphatic carbocycles. The lowest BCUT2D eigenvalue weighted by molar-refractivity contribution is 0.0686. The van der Waals surface area contributed by atoms with E-state index in [1.165, 1.54) is 17.5 Å². The highest BCUT2D eigenvalue weighted by Crippen LogP contribution is 2.47. The van der Waals surface area contributed by atoms with E-state index in [1.807, 2.05) is 31.2 Å². The van der Waals surface area contributed by atoms with Gasteiger partial charge in [0.05, 0.1) is 11.1 Å². The predicted molar refractivity (Wildman–Crippen MR) is 136 cm³/mol. The highest BCUT2D eigenvalue weighted by molar-refractivity contribution is 6.04. The fraction of sp³-hybridized carbons (Fsp3) is 0.333. The minimum Gasteiger partial charge on any atom is -0.478 e. The Morgan fingerprint density at radius 1 is 0.824 bits per heavy atom. The Morgan fingerprint density at radius 3 is 1.88 bits per heavy atom. The van der Waals surface area contributed by atoms with Gasteiger partial charge in [0.15, 0.2) is 0 Å². The van der Waals surface area contributed by atoms with Crippen molar-refractivity contribution in [2.24, 2.45) is 0 Å². The summed E-state index contributed by atoms with van der Waals surface area (Å²) >= 11 is 0. The molecule has 0 aromatic heterocycles. The van der Waals surface area contributed by atoms with Crippen LogP contribution in [0, 0.1) is 6.92 Å². The van der Waals surface area contributed by atoms with Crippen molar-refractivity contribution in [1.82, 2.24) is 0 Å². The maximum atomic E-state index is 12.3. The number of carboxylic acids is 2. The van der Waals surface area contributed by atoms with Gasteiger partial charge in [0.2, 0.25) is 0 Å². The molecule has 0 bridgehead atoms. The Labute approximate surface area is 201 Å². The zero-order chi connectivity index (χ0) is 24.2. The molecule has 4 heteroatoms. The summed E-state index contributed by atoms with van der Waals surface area (Å²) in [5.74, 6) is -1.62. The first-order valence-corrected chi connectivity index (χ1v) is 12.3. The second-order valence-corrected chi connectivity index (χ2v) is 9.30. The Hall–Kier alpha value is -3.40. The first-order chi connectivity index (χ1) is 16.4. The molecular weight excluding hydrogens is 424 g/mol. The maximum Gasteiger partial charge on any atom is 0.336 e. The summed E-state index contributed by atoms with van der Waals surface area (Å²) in [5, 5.41) is 20.1. The summed E-state index contributed by atoms with van der Waals surface area (Å²) in [6.45, 7) is 4.18. The molecule has 0 unspecified atom stereocenters. The van der Waals surface area contributed by atoms with Crippen LogP contribution >= 0.6 is 0 Å². The van der Waals surface area contributed by atoms with Gasteiger partial charge in [-0.25, -0.2) is 9.59 Å². The second-order valence-electron chi connectivity index (χ2n) is 9.30. The van der Waals surface area contributed by atoms with E-state index in [0.717, 1.165) is 55.2 Å². The Balaban J connectivity index is 2.17. The standard InChI is InChI=1S/C30H32O4/c1-3-11-21-18-19(2)26(22-14-7-9-16-24(22)29(31)32)28(27(21)20-12-5-4-6-13-20)23-15-8-10-17-25(23)30(33)34/h7-10,14-18,20H,3-6,11-13H2,1-2H3,(H,31,32)(H,33,34). The number of benzene rings is 3. The van der Waals surface area contributed by atoms with Crippen LogP contribution in [0.5, 0.6) is 0 Å². The van der Waals surface area contributed by atoms with Crippen LogP contribution in [-0.4, -0.2) is 22.2 Å². The summed E-state index contributed by atoms with van der Waals surface area (Å²) in [6.07, 6.45) is 7.58. The van der Waals surface area contributed by atoms with E-state index in [4.69, 9.17) is 0 Å². The molecule has 0 aliphatic heterocycles. The third-order valence-electron chi connectivity index (χ3n) is 7.04. The largest absolute Gasteiger partial charge is 0.478 e. The molecule has 0 spiro atoms. The molecule has 4 rings (SSSR count). The van der Waals surface area contributed by atoms with Crippen LogP contribution in [0.15, 0.2) is 54.6 Å². The van der Waals surface area contributed by atoms with Crippen LogP contribution < -0.4 is 0 Å². The van der Waals surface area contributed by atoms with E-state index in [2.05, 4.69) is 13.0 Å². The molecule has 3 aromatic rings. The molecule has 3 aromatic carbocycles. The van der Waals surface area contributed by atoms with E-state index < -0.39 is 11.9 Å². The van der Waals surface area contributed by atoms with Gasteiger partial charge in [0.25, 0.3) is 0 Å². The number of aryl methyl sites for hydroxylation is 2. The van der Waals surface area contributed by atoms with E-state index >= 15 is 0 Å². The highest BCUT2D eigenvalue weighted by atomic mass is 16.4. The van der Waals surface area contributed by atoms with Gasteiger partial charge in [-0.1, -0.05) is 75.1 Å². The molecule has 0 saturated heterocycles. The lowest BCUT2D eigenvalue weighted by atomic mass is 9.73. The monoisotopic (exact) mass is 456 g/mol. The van der Waals surface area contributed by atoms with Gasteiger partial charge in [0, 0.05) is 0 Å². The van der Waals surface area contributed by atoms with Crippen molar-refractivity contribution in [2.75, 3.05) is 0 Å². The fourth-order valence-corrected chi connectivity index (χ4v) is 5.64. The number of aromatic carboxylic acids is 2. The summed E-state index contributed by atoms with van der Waals surface area (Å²) in [5.41, 5.74) is 7.00. The minimum absolute atomic E-state index is 0.234. The first-order valence-electron chi connectivity index (χ1n) is 12.3. The first kappa shape index (κ1) is 23.7. The summed E-state index contributed by atoms with van der Waals surface area (Å²) < 4.78 is 0. The molecule has 0 amide bonds. The molecule has 0 heterocycles. The molecule has 1 aliphatic rings. The summed E-state index contributed by atoms with van der Waals surface area (Å²) in [4.78, 5) is 24.5. The van der Waals surface area contributed by atoms with Crippen LogP contribution in [0.4, 0.5) is 0 Å². The van der Waals surface area contributed by atoms with Crippen LogP contribution in [0.2, 0.25) is 0 Å². The smallest absolute Gasteiger partial charge is 0.336 e. The highest BCUT2D eigenvalue weighted by Gasteiger charge is 2.29. The van der Waals surface area contributed by atoms with Gasteiger partial charge >= 0.3 is 11.9 Å². The zero-order valence-corrected chi connectivity index (χ0v) is 19.9. The van der Waals surface area contributed by atoms with Crippen LogP contribution in [0.1, 0.15) is 88.8 Å². The molecule has 0 radical (unpaired) electrons. The normalized spacial score (nSPS) is 14.2. The number of carboxylic acid groups (broad SMARTS) is 2. The van der Waals surface area contributed by atoms with Crippen LogP contribution in [-0.2, 0) is 6.42 Å². The van der Waals surface area contributed by atoms with Crippen molar-refractivity contribution in [1.29, 1.82) is 0 Å². The van der Waals surface area contributed by atoms with E-state index in [-0.39, 0.29) is 11.1 Å². The van der Waals surface area contributed by atoms with Gasteiger partial charge in [0.1, 0.15) is 0 Å².